The van der Waals surface area contributed by atoms with Crippen LogP contribution < -0.4 is 5.32 Å². The van der Waals surface area contributed by atoms with Crippen molar-refractivity contribution in [2.75, 3.05) is 33.2 Å². The minimum Gasteiger partial charge on any atom is -0.481 e. The molecule has 13 heavy (non-hydrogen) atoms. The number of piperidine rings is 1. The van der Waals surface area contributed by atoms with Gasteiger partial charge in [0, 0.05) is 25.6 Å². The van der Waals surface area contributed by atoms with Gasteiger partial charge in [0.1, 0.15) is 0 Å². The summed E-state index contributed by atoms with van der Waals surface area (Å²) in [6.45, 7) is 3.33. The Labute approximate surface area is 77.9 Å². The van der Waals surface area contributed by atoms with Crippen LogP contribution in [0, 0.1) is 11.3 Å². The van der Waals surface area contributed by atoms with Crippen LogP contribution in [-0.4, -0.2) is 49.2 Å². The van der Waals surface area contributed by atoms with Gasteiger partial charge in [0.05, 0.1) is 5.41 Å². The molecule has 0 aromatic rings. The summed E-state index contributed by atoms with van der Waals surface area (Å²) in [6, 6.07) is 0. The molecule has 0 bridgehead atoms. The monoisotopic (exact) mass is 184 g/mol. The number of carboxylic acids is 1. The summed E-state index contributed by atoms with van der Waals surface area (Å²) < 4.78 is 0. The Morgan fingerprint density at radius 2 is 2.46 bits per heavy atom. The first-order chi connectivity index (χ1) is 6.15. The van der Waals surface area contributed by atoms with Gasteiger partial charge < -0.3 is 15.3 Å². The Morgan fingerprint density at radius 3 is 3.15 bits per heavy atom. The average molecular weight is 184 g/mol. The van der Waals surface area contributed by atoms with Crippen LogP contribution in [0.2, 0.25) is 0 Å². The summed E-state index contributed by atoms with van der Waals surface area (Å²) in [6.07, 6.45) is 0.788. The Kier molecular flexibility index (Phi) is 2.04. The number of hydrogen-bond donors (Lipinski definition) is 2. The highest BCUT2D eigenvalue weighted by Crippen LogP contribution is 2.38. The third-order valence-corrected chi connectivity index (χ3v) is 3.51. The van der Waals surface area contributed by atoms with Gasteiger partial charge >= 0.3 is 5.97 Å². The summed E-state index contributed by atoms with van der Waals surface area (Å²) in [7, 11) is 2.06. The number of carboxylic acid groups (broad SMARTS) is 1. The quantitative estimate of drug-likeness (QED) is 0.583. The Hall–Kier alpha value is -0.610. The van der Waals surface area contributed by atoms with Gasteiger partial charge in [-0.3, -0.25) is 4.79 Å². The van der Waals surface area contributed by atoms with Crippen molar-refractivity contribution in [2.24, 2.45) is 11.3 Å². The topological polar surface area (TPSA) is 52.6 Å². The zero-order valence-electron chi connectivity index (χ0n) is 7.92. The first-order valence-corrected chi connectivity index (χ1v) is 4.78. The van der Waals surface area contributed by atoms with Gasteiger partial charge in [-0.2, -0.15) is 0 Å². The van der Waals surface area contributed by atoms with Gasteiger partial charge in [0.25, 0.3) is 0 Å². The molecule has 0 aromatic carbocycles. The van der Waals surface area contributed by atoms with Gasteiger partial charge in [0.2, 0.25) is 0 Å². The molecular formula is C9H16N2O2. The molecule has 0 saturated carbocycles. The number of fused-ring (bicyclic) bond motifs is 1. The molecule has 0 amide bonds. The van der Waals surface area contributed by atoms with Crippen molar-refractivity contribution in [3.8, 4) is 0 Å². The molecule has 2 rings (SSSR count). The van der Waals surface area contributed by atoms with Gasteiger partial charge in [-0.15, -0.1) is 0 Å². The second kappa shape index (κ2) is 2.96. The van der Waals surface area contributed by atoms with Gasteiger partial charge in [0.15, 0.2) is 0 Å². The van der Waals surface area contributed by atoms with Crippen molar-refractivity contribution in [1.82, 2.24) is 10.2 Å². The minimum absolute atomic E-state index is 0.295. The molecule has 74 valence electrons. The van der Waals surface area contributed by atoms with Gasteiger partial charge in [-0.1, -0.05) is 0 Å². The normalized spacial score (nSPS) is 40.2. The van der Waals surface area contributed by atoms with E-state index in [4.69, 9.17) is 0 Å². The summed E-state index contributed by atoms with van der Waals surface area (Å²) in [5.41, 5.74) is -0.466. The number of likely N-dealkylation sites (tertiary alicyclic amines) is 1. The Balaban J connectivity index is 2.20. The molecular weight excluding hydrogens is 168 g/mol. The van der Waals surface area contributed by atoms with E-state index in [1.165, 1.54) is 0 Å². The summed E-state index contributed by atoms with van der Waals surface area (Å²) in [5.74, 6) is -0.320. The van der Waals surface area contributed by atoms with Crippen molar-refractivity contribution in [2.45, 2.75) is 6.42 Å². The number of nitrogens with one attached hydrogen (secondary N) is 1. The predicted molar refractivity (Wildman–Crippen MR) is 48.5 cm³/mol. The van der Waals surface area contributed by atoms with Crippen LogP contribution in [0.5, 0.6) is 0 Å². The molecule has 0 radical (unpaired) electrons. The number of rotatable bonds is 1. The van der Waals surface area contributed by atoms with Gasteiger partial charge in [-0.25, -0.2) is 0 Å². The molecule has 0 aliphatic carbocycles. The first-order valence-electron chi connectivity index (χ1n) is 4.78. The zero-order chi connectivity index (χ0) is 9.47. The van der Waals surface area contributed by atoms with Crippen molar-refractivity contribution in [1.29, 1.82) is 0 Å². The van der Waals surface area contributed by atoms with Crippen LogP contribution in [0.4, 0.5) is 0 Å². The molecule has 4 nitrogen and oxygen atoms in total. The smallest absolute Gasteiger partial charge is 0.311 e. The summed E-state index contributed by atoms with van der Waals surface area (Å²) in [5, 5.41) is 12.4. The molecule has 4 heteroatoms. The van der Waals surface area contributed by atoms with E-state index in [0.29, 0.717) is 12.5 Å². The number of nitrogens with zero attached hydrogens (tertiary/aromatic N) is 1. The van der Waals surface area contributed by atoms with E-state index in [9.17, 15) is 9.90 Å². The van der Waals surface area contributed by atoms with Crippen LogP contribution >= 0.6 is 0 Å². The minimum atomic E-state index is -0.615. The highest BCUT2D eigenvalue weighted by Gasteiger charge is 2.51. The van der Waals surface area contributed by atoms with E-state index in [1.807, 2.05) is 0 Å². The third kappa shape index (κ3) is 1.25. The van der Waals surface area contributed by atoms with E-state index >= 15 is 0 Å². The lowest BCUT2D eigenvalue weighted by molar-refractivity contribution is -0.153. The SMILES string of the molecule is CN1CC[C@]2(C(=O)O)CNC[C@@H]2C1. The first kappa shape index (κ1) is 8.97. The van der Waals surface area contributed by atoms with Crippen LogP contribution in [0.15, 0.2) is 0 Å². The molecule has 0 unspecified atom stereocenters. The molecule has 2 saturated heterocycles. The van der Waals surface area contributed by atoms with Crippen molar-refractivity contribution in [3.05, 3.63) is 0 Å². The number of aliphatic carboxylic acids is 1. The Morgan fingerprint density at radius 1 is 1.69 bits per heavy atom. The second-order valence-electron chi connectivity index (χ2n) is 4.30. The van der Waals surface area contributed by atoms with E-state index in [-0.39, 0.29) is 0 Å². The van der Waals surface area contributed by atoms with Crippen LogP contribution in [0.3, 0.4) is 0 Å². The molecule has 2 N–H and O–H groups in total. The van der Waals surface area contributed by atoms with Gasteiger partial charge in [-0.05, 0) is 20.0 Å². The predicted octanol–water partition coefficient (Wildman–Crippen LogP) is -0.388. The average Bonchev–Trinajstić information content (AvgIpc) is 2.48. The molecule has 2 heterocycles. The molecule has 0 aromatic heterocycles. The maximum Gasteiger partial charge on any atom is 0.311 e. The molecule has 2 atom stereocenters. The number of carbonyl (C=O) groups is 1. The molecule has 2 fully saturated rings. The van der Waals surface area contributed by atoms with E-state index in [0.717, 1.165) is 26.1 Å². The zero-order valence-corrected chi connectivity index (χ0v) is 7.92. The van der Waals surface area contributed by atoms with Crippen molar-refractivity contribution in [3.63, 3.8) is 0 Å². The van der Waals surface area contributed by atoms with Crippen molar-refractivity contribution < 1.29 is 9.90 Å². The summed E-state index contributed by atoms with van der Waals surface area (Å²) in [4.78, 5) is 13.4. The highest BCUT2D eigenvalue weighted by atomic mass is 16.4. The van der Waals surface area contributed by atoms with Crippen LogP contribution in [0.1, 0.15) is 6.42 Å². The second-order valence-corrected chi connectivity index (χ2v) is 4.30. The largest absolute Gasteiger partial charge is 0.481 e. The fraction of sp³-hybridized carbons (Fsp3) is 0.889. The van der Waals surface area contributed by atoms with E-state index in [2.05, 4.69) is 17.3 Å². The molecule has 0 spiro atoms. The van der Waals surface area contributed by atoms with Crippen LogP contribution in [0.25, 0.3) is 0 Å². The fourth-order valence-electron chi connectivity index (χ4n) is 2.56. The highest BCUT2D eigenvalue weighted by molar-refractivity contribution is 5.76. The lowest BCUT2D eigenvalue weighted by Gasteiger charge is -2.39. The van der Waals surface area contributed by atoms with E-state index < -0.39 is 11.4 Å². The fourth-order valence-corrected chi connectivity index (χ4v) is 2.56. The third-order valence-electron chi connectivity index (χ3n) is 3.51. The van der Waals surface area contributed by atoms with Crippen molar-refractivity contribution >= 4 is 5.97 Å². The maximum absolute atomic E-state index is 11.2. The maximum atomic E-state index is 11.2. The Bertz CT molecular complexity index is 232. The standard InChI is InChI=1S/C9H16N2O2/c1-11-3-2-9(8(12)13)6-10-4-7(9)5-11/h7,10H,2-6H2,1H3,(H,12,13)/t7-,9+/m1/s1. The molecule has 2 aliphatic heterocycles. The lowest BCUT2D eigenvalue weighted by atomic mass is 9.73. The summed E-state index contributed by atoms with van der Waals surface area (Å²) >= 11 is 0. The molecule has 2 aliphatic rings. The van der Waals surface area contributed by atoms with E-state index in [1.54, 1.807) is 0 Å². The number of hydrogen-bond acceptors (Lipinski definition) is 3. The lowest BCUT2D eigenvalue weighted by Crippen LogP contribution is -2.49. The van der Waals surface area contributed by atoms with Crippen LogP contribution in [-0.2, 0) is 4.79 Å².